The van der Waals surface area contributed by atoms with E-state index >= 15 is 0 Å². The van der Waals surface area contributed by atoms with Crippen LogP contribution in [0.3, 0.4) is 0 Å². The van der Waals surface area contributed by atoms with Crippen molar-refractivity contribution in [1.82, 2.24) is 9.80 Å². The summed E-state index contributed by atoms with van der Waals surface area (Å²) in [5, 5.41) is 0.627. The average molecular weight is 354 g/mol. The predicted molar refractivity (Wildman–Crippen MR) is 101 cm³/mol. The van der Waals surface area contributed by atoms with E-state index < -0.39 is 0 Å². The second-order valence-corrected chi connectivity index (χ2v) is 7.84. The molecule has 1 aliphatic heterocycles. The van der Waals surface area contributed by atoms with Crippen LogP contribution in [0.5, 0.6) is 0 Å². The normalized spacial score (nSPS) is 21.4. The number of rotatable bonds is 5. The summed E-state index contributed by atoms with van der Waals surface area (Å²) in [6.07, 6.45) is 7.02. The predicted octanol–water partition coefficient (Wildman–Crippen LogP) is 3.02. The van der Waals surface area contributed by atoms with E-state index in [0.717, 1.165) is 25.9 Å². The third-order valence-electron chi connectivity index (χ3n) is 5.77. The van der Waals surface area contributed by atoms with Crippen LogP contribution in [0, 0.1) is 5.92 Å². The third-order valence-corrected chi connectivity index (χ3v) is 5.77. The molecule has 2 aliphatic rings. The summed E-state index contributed by atoms with van der Waals surface area (Å²) in [6.45, 7) is 2.22. The van der Waals surface area contributed by atoms with Gasteiger partial charge in [-0.15, -0.1) is 0 Å². The fraction of sp³-hybridized carbons (Fsp3) is 0.524. The van der Waals surface area contributed by atoms with Crippen LogP contribution in [-0.4, -0.2) is 41.9 Å². The number of para-hydroxylation sites is 1. The van der Waals surface area contributed by atoms with Gasteiger partial charge >= 0.3 is 0 Å². The molecule has 1 aromatic carbocycles. The van der Waals surface area contributed by atoms with Gasteiger partial charge in [-0.3, -0.25) is 9.59 Å². The van der Waals surface area contributed by atoms with Gasteiger partial charge in [-0.05, 0) is 37.9 Å². The SMILES string of the molecule is CN(Cc1coc2ccccc2c1=O)C[C@@H]1CC(=O)N(C2CCCC2)C1. The zero-order chi connectivity index (χ0) is 18.1. The van der Waals surface area contributed by atoms with E-state index in [2.05, 4.69) is 9.80 Å². The van der Waals surface area contributed by atoms with Crippen molar-refractivity contribution in [2.45, 2.75) is 44.7 Å². The van der Waals surface area contributed by atoms with E-state index in [1.165, 1.54) is 12.8 Å². The number of benzene rings is 1. The summed E-state index contributed by atoms with van der Waals surface area (Å²) in [4.78, 5) is 29.2. The summed E-state index contributed by atoms with van der Waals surface area (Å²) >= 11 is 0. The van der Waals surface area contributed by atoms with Gasteiger partial charge in [-0.1, -0.05) is 25.0 Å². The maximum atomic E-state index is 12.6. The molecule has 138 valence electrons. The highest BCUT2D eigenvalue weighted by Gasteiger charge is 2.35. The Labute approximate surface area is 153 Å². The monoisotopic (exact) mass is 354 g/mol. The minimum atomic E-state index is 0.0359. The first kappa shape index (κ1) is 17.3. The van der Waals surface area contributed by atoms with Crippen LogP contribution < -0.4 is 5.43 Å². The zero-order valence-corrected chi connectivity index (χ0v) is 15.3. The number of carbonyl (C=O) groups is 1. The van der Waals surface area contributed by atoms with Gasteiger partial charge in [-0.2, -0.15) is 0 Å². The molecule has 0 spiro atoms. The third kappa shape index (κ3) is 3.40. The van der Waals surface area contributed by atoms with Crippen molar-refractivity contribution in [1.29, 1.82) is 0 Å². The molecule has 1 aromatic heterocycles. The maximum Gasteiger partial charge on any atom is 0.223 e. The molecule has 4 rings (SSSR count). The lowest BCUT2D eigenvalue weighted by Crippen LogP contribution is -2.35. The number of carbonyl (C=O) groups excluding carboxylic acids is 1. The molecular formula is C21H26N2O3. The summed E-state index contributed by atoms with van der Waals surface area (Å²) < 4.78 is 5.61. The minimum Gasteiger partial charge on any atom is -0.464 e. The molecule has 1 saturated carbocycles. The molecule has 2 aromatic rings. The van der Waals surface area contributed by atoms with Crippen molar-refractivity contribution in [2.24, 2.45) is 5.92 Å². The lowest BCUT2D eigenvalue weighted by Gasteiger charge is -2.25. The van der Waals surface area contributed by atoms with Crippen LogP contribution in [0.25, 0.3) is 11.0 Å². The van der Waals surface area contributed by atoms with Gasteiger partial charge in [0.2, 0.25) is 5.91 Å². The molecule has 0 unspecified atom stereocenters. The van der Waals surface area contributed by atoms with Crippen LogP contribution >= 0.6 is 0 Å². The van der Waals surface area contributed by atoms with Gasteiger partial charge in [0.15, 0.2) is 5.43 Å². The average Bonchev–Trinajstić information content (AvgIpc) is 3.27. The van der Waals surface area contributed by atoms with Gasteiger partial charge < -0.3 is 14.2 Å². The highest BCUT2D eigenvalue weighted by atomic mass is 16.3. The van der Waals surface area contributed by atoms with Gasteiger partial charge in [0.05, 0.1) is 11.6 Å². The maximum absolute atomic E-state index is 12.6. The Bertz CT molecular complexity index is 854. The van der Waals surface area contributed by atoms with E-state index in [1.807, 2.05) is 25.2 Å². The van der Waals surface area contributed by atoms with Crippen LogP contribution in [0.15, 0.2) is 39.7 Å². The molecule has 2 fully saturated rings. The second kappa shape index (κ2) is 7.23. The molecular weight excluding hydrogens is 328 g/mol. The standard InChI is InChI=1S/C21H26N2O3/c1-22(11-15-10-20(24)23(12-15)17-6-2-3-7-17)13-16-14-26-19-9-5-4-8-18(19)21(16)25/h4-5,8-9,14-15,17H,2-3,6-7,10-13H2,1H3/t15-/m0/s1. The van der Waals surface area contributed by atoms with E-state index in [-0.39, 0.29) is 5.43 Å². The summed E-state index contributed by atoms with van der Waals surface area (Å²) in [5.74, 6) is 0.654. The molecule has 5 heteroatoms. The lowest BCUT2D eigenvalue weighted by atomic mass is 10.1. The number of hydrogen-bond acceptors (Lipinski definition) is 4. The van der Waals surface area contributed by atoms with Crippen molar-refractivity contribution in [3.8, 4) is 0 Å². The first-order valence-electron chi connectivity index (χ1n) is 9.59. The fourth-order valence-electron chi connectivity index (χ4n) is 4.52. The number of fused-ring (bicyclic) bond motifs is 1. The second-order valence-electron chi connectivity index (χ2n) is 7.84. The van der Waals surface area contributed by atoms with Gasteiger partial charge in [0.1, 0.15) is 5.58 Å². The largest absolute Gasteiger partial charge is 0.464 e. The van der Waals surface area contributed by atoms with Crippen molar-refractivity contribution in [3.63, 3.8) is 0 Å². The van der Waals surface area contributed by atoms with Gasteiger partial charge in [-0.25, -0.2) is 0 Å². The topological polar surface area (TPSA) is 53.8 Å². The van der Waals surface area contributed by atoms with E-state index in [1.54, 1.807) is 12.3 Å². The van der Waals surface area contributed by atoms with Crippen molar-refractivity contribution in [3.05, 3.63) is 46.3 Å². The molecule has 0 bridgehead atoms. The Morgan fingerprint density at radius 3 is 2.77 bits per heavy atom. The highest BCUT2D eigenvalue weighted by molar-refractivity contribution is 5.79. The van der Waals surface area contributed by atoms with Crippen molar-refractivity contribution < 1.29 is 9.21 Å². The minimum absolute atomic E-state index is 0.0359. The Morgan fingerprint density at radius 1 is 1.19 bits per heavy atom. The molecule has 26 heavy (non-hydrogen) atoms. The Hall–Kier alpha value is -2.14. The molecule has 0 N–H and O–H groups in total. The molecule has 2 heterocycles. The van der Waals surface area contributed by atoms with Crippen LogP contribution in [0.4, 0.5) is 0 Å². The summed E-state index contributed by atoms with van der Waals surface area (Å²) in [7, 11) is 2.01. The molecule has 1 atom stereocenters. The Morgan fingerprint density at radius 2 is 1.96 bits per heavy atom. The first-order chi connectivity index (χ1) is 12.6. The number of hydrogen-bond donors (Lipinski definition) is 0. The molecule has 1 aliphatic carbocycles. The van der Waals surface area contributed by atoms with Crippen LogP contribution in [-0.2, 0) is 11.3 Å². The van der Waals surface area contributed by atoms with Crippen LogP contribution in [0.1, 0.15) is 37.7 Å². The van der Waals surface area contributed by atoms with E-state index in [9.17, 15) is 9.59 Å². The zero-order valence-electron chi connectivity index (χ0n) is 15.3. The van der Waals surface area contributed by atoms with Gasteiger partial charge in [0, 0.05) is 37.7 Å². The smallest absolute Gasteiger partial charge is 0.223 e. The number of likely N-dealkylation sites (tertiary alicyclic amines) is 1. The van der Waals surface area contributed by atoms with Crippen molar-refractivity contribution >= 4 is 16.9 Å². The first-order valence-corrected chi connectivity index (χ1v) is 9.59. The highest BCUT2D eigenvalue weighted by Crippen LogP contribution is 2.29. The number of amides is 1. The quantitative estimate of drug-likeness (QED) is 0.828. The van der Waals surface area contributed by atoms with E-state index in [0.29, 0.717) is 47.4 Å². The molecule has 1 amide bonds. The fourth-order valence-corrected chi connectivity index (χ4v) is 4.52. The summed E-state index contributed by atoms with van der Waals surface area (Å²) in [6, 6.07) is 7.80. The Balaban J connectivity index is 1.40. The van der Waals surface area contributed by atoms with Gasteiger partial charge in [0.25, 0.3) is 0 Å². The van der Waals surface area contributed by atoms with E-state index in [4.69, 9.17) is 4.42 Å². The molecule has 1 saturated heterocycles. The van der Waals surface area contributed by atoms with Crippen molar-refractivity contribution in [2.75, 3.05) is 20.1 Å². The lowest BCUT2D eigenvalue weighted by molar-refractivity contribution is -0.129. The summed E-state index contributed by atoms with van der Waals surface area (Å²) in [5.41, 5.74) is 1.33. The Kier molecular flexibility index (Phi) is 4.81. The molecule has 0 radical (unpaired) electrons. The van der Waals surface area contributed by atoms with Crippen LogP contribution in [0.2, 0.25) is 0 Å². The number of nitrogens with zero attached hydrogens (tertiary/aromatic N) is 2. The molecule has 5 nitrogen and oxygen atoms in total.